The van der Waals surface area contributed by atoms with Gasteiger partial charge in [0, 0.05) is 28.9 Å². The molecular weight excluding hydrogens is 416 g/mol. The maximum Gasteiger partial charge on any atom is 0.255 e. The van der Waals surface area contributed by atoms with Crippen LogP contribution in [-0.4, -0.2) is 30.1 Å². The van der Waals surface area contributed by atoms with Crippen molar-refractivity contribution in [1.29, 1.82) is 0 Å². The molecule has 0 bridgehead atoms. The Morgan fingerprint density at radius 1 is 0.879 bits per heavy atom. The Labute approximate surface area is 192 Å². The summed E-state index contributed by atoms with van der Waals surface area (Å²) in [6.45, 7) is 2.05. The van der Waals surface area contributed by atoms with Crippen LogP contribution in [0.1, 0.15) is 15.9 Å². The second-order valence-corrected chi connectivity index (χ2v) is 7.38. The monoisotopic (exact) mass is 440 g/mol. The van der Waals surface area contributed by atoms with Crippen LogP contribution in [0.4, 0.5) is 17.2 Å². The fourth-order valence-electron chi connectivity index (χ4n) is 3.34. The first-order valence-electron chi connectivity index (χ1n) is 10.4. The second kappa shape index (κ2) is 9.82. The Hall–Kier alpha value is -4.39. The van der Waals surface area contributed by atoms with Gasteiger partial charge in [0.25, 0.3) is 5.91 Å². The molecular formula is C26H24N4O3. The van der Waals surface area contributed by atoms with E-state index < -0.39 is 0 Å². The number of carbonyl (C=O) groups excluding carboxylic acids is 1. The van der Waals surface area contributed by atoms with Gasteiger partial charge in [-0.2, -0.15) is 0 Å². The summed E-state index contributed by atoms with van der Waals surface area (Å²) in [7, 11) is 3.12. The SMILES string of the molecule is COc1ccc(NC(=O)c2ccc(Nc3cc(-c4cccc(C)c4)ncn3)cc2)c(OC)c1. The zero-order valence-electron chi connectivity index (χ0n) is 18.6. The van der Waals surface area contributed by atoms with Crippen LogP contribution in [0.3, 0.4) is 0 Å². The van der Waals surface area contributed by atoms with Crippen LogP contribution in [0.25, 0.3) is 11.3 Å². The van der Waals surface area contributed by atoms with Crippen molar-refractivity contribution in [2.75, 3.05) is 24.9 Å². The highest BCUT2D eigenvalue weighted by Crippen LogP contribution is 2.29. The lowest BCUT2D eigenvalue weighted by molar-refractivity contribution is 0.102. The molecule has 4 rings (SSSR count). The number of aromatic nitrogens is 2. The van der Waals surface area contributed by atoms with E-state index in [1.54, 1.807) is 44.6 Å². The van der Waals surface area contributed by atoms with Gasteiger partial charge in [0.2, 0.25) is 0 Å². The van der Waals surface area contributed by atoms with Crippen LogP contribution in [0.2, 0.25) is 0 Å². The Balaban J connectivity index is 1.46. The Kier molecular flexibility index (Phi) is 6.50. The number of ether oxygens (including phenoxy) is 2. The van der Waals surface area contributed by atoms with Crippen molar-refractivity contribution in [3.8, 4) is 22.8 Å². The standard InChI is InChI=1S/C26H24N4O3/c1-17-5-4-6-19(13-17)23-15-25(28-16-27-23)29-20-9-7-18(8-10-20)26(31)30-22-12-11-21(32-2)14-24(22)33-3/h4-16H,1-3H3,(H,30,31)(H,27,28,29). The van der Waals surface area contributed by atoms with Crippen molar-refractivity contribution in [1.82, 2.24) is 9.97 Å². The third kappa shape index (κ3) is 5.27. The minimum absolute atomic E-state index is 0.242. The largest absolute Gasteiger partial charge is 0.497 e. The molecule has 7 nitrogen and oxygen atoms in total. The topological polar surface area (TPSA) is 85.4 Å². The number of amides is 1. The molecule has 1 heterocycles. The van der Waals surface area contributed by atoms with Gasteiger partial charge in [-0.3, -0.25) is 4.79 Å². The summed E-state index contributed by atoms with van der Waals surface area (Å²) in [6.07, 6.45) is 1.53. The van der Waals surface area contributed by atoms with E-state index in [0.29, 0.717) is 28.6 Å². The van der Waals surface area contributed by atoms with Gasteiger partial charge in [-0.15, -0.1) is 0 Å². The van der Waals surface area contributed by atoms with Crippen LogP contribution in [0.15, 0.2) is 79.1 Å². The van der Waals surface area contributed by atoms with Gasteiger partial charge >= 0.3 is 0 Å². The molecule has 0 aliphatic carbocycles. The number of aryl methyl sites for hydroxylation is 1. The molecule has 0 spiro atoms. The zero-order valence-corrected chi connectivity index (χ0v) is 18.6. The fourth-order valence-corrected chi connectivity index (χ4v) is 3.34. The van der Waals surface area contributed by atoms with E-state index in [1.807, 2.05) is 43.3 Å². The number of rotatable bonds is 7. The smallest absolute Gasteiger partial charge is 0.255 e. The van der Waals surface area contributed by atoms with E-state index in [-0.39, 0.29) is 5.91 Å². The maximum absolute atomic E-state index is 12.7. The molecule has 2 N–H and O–H groups in total. The predicted octanol–water partition coefficient (Wildman–Crippen LogP) is 5.47. The van der Waals surface area contributed by atoms with E-state index in [9.17, 15) is 4.79 Å². The first-order valence-corrected chi connectivity index (χ1v) is 10.4. The quantitative estimate of drug-likeness (QED) is 0.397. The molecule has 0 aliphatic heterocycles. The van der Waals surface area contributed by atoms with Crippen LogP contribution >= 0.6 is 0 Å². The average molecular weight is 441 g/mol. The van der Waals surface area contributed by atoms with E-state index in [2.05, 4.69) is 26.7 Å². The molecule has 0 saturated carbocycles. The van der Waals surface area contributed by atoms with E-state index >= 15 is 0 Å². The van der Waals surface area contributed by atoms with Crippen LogP contribution in [-0.2, 0) is 0 Å². The summed E-state index contributed by atoms with van der Waals surface area (Å²) in [6, 6.07) is 22.4. The summed E-state index contributed by atoms with van der Waals surface area (Å²) >= 11 is 0. The molecule has 0 atom stereocenters. The van der Waals surface area contributed by atoms with Gasteiger partial charge in [-0.25, -0.2) is 9.97 Å². The molecule has 7 heteroatoms. The number of benzene rings is 3. The molecule has 1 aromatic heterocycles. The number of nitrogens with zero attached hydrogens (tertiary/aromatic N) is 2. The summed E-state index contributed by atoms with van der Waals surface area (Å²) in [4.78, 5) is 21.4. The number of nitrogens with one attached hydrogen (secondary N) is 2. The third-order valence-electron chi connectivity index (χ3n) is 5.06. The van der Waals surface area contributed by atoms with Gasteiger partial charge < -0.3 is 20.1 Å². The van der Waals surface area contributed by atoms with Gasteiger partial charge in [0.05, 0.1) is 25.6 Å². The minimum Gasteiger partial charge on any atom is -0.497 e. The molecule has 0 saturated heterocycles. The predicted molar refractivity (Wildman–Crippen MR) is 129 cm³/mol. The zero-order chi connectivity index (χ0) is 23.2. The van der Waals surface area contributed by atoms with Crippen molar-refractivity contribution < 1.29 is 14.3 Å². The van der Waals surface area contributed by atoms with Crippen LogP contribution < -0.4 is 20.1 Å². The van der Waals surface area contributed by atoms with E-state index in [0.717, 1.165) is 16.9 Å². The molecule has 166 valence electrons. The number of hydrogen-bond acceptors (Lipinski definition) is 6. The normalized spacial score (nSPS) is 10.4. The lowest BCUT2D eigenvalue weighted by Gasteiger charge is -2.12. The Bertz CT molecular complexity index is 1270. The molecule has 0 aliphatic rings. The summed E-state index contributed by atoms with van der Waals surface area (Å²) in [5.74, 6) is 1.60. The minimum atomic E-state index is -0.242. The summed E-state index contributed by atoms with van der Waals surface area (Å²) < 4.78 is 10.5. The second-order valence-electron chi connectivity index (χ2n) is 7.38. The molecule has 0 unspecified atom stereocenters. The van der Waals surface area contributed by atoms with Crippen molar-refractivity contribution in [2.24, 2.45) is 0 Å². The van der Waals surface area contributed by atoms with Gasteiger partial charge in [0.15, 0.2) is 0 Å². The fraction of sp³-hybridized carbons (Fsp3) is 0.115. The molecule has 1 amide bonds. The van der Waals surface area contributed by atoms with E-state index in [1.165, 1.54) is 11.9 Å². The van der Waals surface area contributed by atoms with Gasteiger partial charge in [-0.1, -0.05) is 23.8 Å². The van der Waals surface area contributed by atoms with Crippen LogP contribution in [0, 0.1) is 6.92 Å². The molecule has 4 aromatic rings. The molecule has 0 radical (unpaired) electrons. The number of anilines is 3. The Morgan fingerprint density at radius 2 is 1.70 bits per heavy atom. The summed E-state index contributed by atoms with van der Waals surface area (Å²) in [5.41, 5.74) is 4.92. The highest BCUT2D eigenvalue weighted by Gasteiger charge is 2.11. The van der Waals surface area contributed by atoms with Crippen molar-refractivity contribution in [3.05, 3.63) is 90.3 Å². The lowest BCUT2D eigenvalue weighted by Crippen LogP contribution is -2.12. The Morgan fingerprint density at radius 3 is 2.42 bits per heavy atom. The maximum atomic E-state index is 12.7. The summed E-state index contributed by atoms with van der Waals surface area (Å²) in [5, 5.41) is 6.13. The van der Waals surface area contributed by atoms with Gasteiger partial charge in [-0.05, 0) is 49.4 Å². The molecule has 33 heavy (non-hydrogen) atoms. The van der Waals surface area contributed by atoms with E-state index in [4.69, 9.17) is 9.47 Å². The number of hydrogen-bond donors (Lipinski definition) is 2. The van der Waals surface area contributed by atoms with Gasteiger partial charge in [0.1, 0.15) is 23.6 Å². The van der Waals surface area contributed by atoms with Crippen molar-refractivity contribution in [2.45, 2.75) is 6.92 Å². The first-order chi connectivity index (χ1) is 16.1. The first kappa shape index (κ1) is 21.8. The van der Waals surface area contributed by atoms with Crippen molar-refractivity contribution >= 4 is 23.1 Å². The third-order valence-corrected chi connectivity index (χ3v) is 5.06. The highest BCUT2D eigenvalue weighted by molar-refractivity contribution is 6.05. The number of methoxy groups -OCH3 is 2. The molecule has 0 fully saturated rings. The molecule has 3 aromatic carbocycles. The lowest BCUT2D eigenvalue weighted by atomic mass is 10.1. The average Bonchev–Trinajstić information content (AvgIpc) is 2.85. The number of carbonyl (C=O) groups is 1. The van der Waals surface area contributed by atoms with Crippen molar-refractivity contribution in [3.63, 3.8) is 0 Å². The van der Waals surface area contributed by atoms with Crippen LogP contribution in [0.5, 0.6) is 11.5 Å². The highest BCUT2D eigenvalue weighted by atomic mass is 16.5.